The first kappa shape index (κ1) is 24.7. The van der Waals surface area contributed by atoms with E-state index in [4.69, 9.17) is 9.98 Å². The van der Waals surface area contributed by atoms with Crippen molar-refractivity contribution in [3.63, 3.8) is 0 Å². The van der Waals surface area contributed by atoms with Crippen LogP contribution in [0.3, 0.4) is 0 Å². The maximum Gasteiger partial charge on any atom is 0.0702 e. The molecule has 174 valence electrons. The third-order valence-corrected chi connectivity index (χ3v) is 6.92. The van der Waals surface area contributed by atoms with Crippen LogP contribution < -0.4 is 0 Å². The molecule has 2 heteroatoms. The molecule has 0 heterocycles. The maximum atomic E-state index is 5.42. The van der Waals surface area contributed by atoms with Crippen molar-refractivity contribution in [2.24, 2.45) is 21.8 Å². The minimum absolute atomic E-state index is 0.459. The Balaban J connectivity index is 2.16. The van der Waals surface area contributed by atoms with Gasteiger partial charge in [0.05, 0.1) is 22.8 Å². The minimum Gasteiger partial charge on any atom is -0.251 e. The molecule has 0 saturated heterocycles. The summed E-state index contributed by atoms with van der Waals surface area (Å²) in [5.74, 6) is 1.96. The highest BCUT2D eigenvalue weighted by atomic mass is 14.8. The number of rotatable bonds is 6. The summed E-state index contributed by atoms with van der Waals surface area (Å²) in [6.07, 6.45) is 9.22. The van der Waals surface area contributed by atoms with Gasteiger partial charge < -0.3 is 0 Å². The standard InChI is InChI=1S/C30H44N2/c1-19(2)23-13-11-14-24(20(3)4)29(23)31-27-17-9-10-18-28(27)32-30-25(21(5)6)15-12-16-26(30)22(7)8/h11,13-15,19-22H,9-10,12,16-18H2,1-8H3. The second kappa shape index (κ2) is 10.8. The molecule has 0 N–H and O–H groups in total. The van der Waals surface area contributed by atoms with E-state index in [1.54, 1.807) is 0 Å². The molecule has 32 heavy (non-hydrogen) atoms. The number of benzene rings is 1. The van der Waals surface area contributed by atoms with E-state index in [1.807, 2.05) is 0 Å². The number of nitrogens with zero attached hydrogens (tertiary/aromatic N) is 2. The van der Waals surface area contributed by atoms with Gasteiger partial charge in [-0.15, -0.1) is 0 Å². The molecule has 1 fully saturated rings. The predicted octanol–water partition coefficient (Wildman–Crippen LogP) is 9.31. The fourth-order valence-corrected chi connectivity index (χ4v) is 5.02. The lowest BCUT2D eigenvalue weighted by Gasteiger charge is -2.26. The summed E-state index contributed by atoms with van der Waals surface area (Å²) in [5, 5.41) is 0. The average molecular weight is 433 g/mol. The first-order chi connectivity index (χ1) is 15.2. The Labute approximate surface area is 197 Å². The van der Waals surface area contributed by atoms with Crippen LogP contribution in [-0.4, -0.2) is 11.4 Å². The monoisotopic (exact) mass is 432 g/mol. The second-order valence-electron chi connectivity index (χ2n) is 10.8. The van der Waals surface area contributed by atoms with Crippen molar-refractivity contribution >= 4 is 17.1 Å². The van der Waals surface area contributed by atoms with Crippen LogP contribution in [0.1, 0.15) is 117 Å². The van der Waals surface area contributed by atoms with Crippen LogP contribution in [0.2, 0.25) is 0 Å². The Morgan fingerprint density at radius 1 is 0.656 bits per heavy atom. The molecule has 0 spiro atoms. The van der Waals surface area contributed by atoms with Gasteiger partial charge >= 0.3 is 0 Å². The lowest BCUT2D eigenvalue weighted by atomic mass is 9.84. The molecule has 0 aliphatic heterocycles. The molecule has 1 saturated carbocycles. The molecular weight excluding hydrogens is 388 g/mol. The first-order valence-corrected chi connectivity index (χ1v) is 12.9. The zero-order chi connectivity index (χ0) is 23.4. The van der Waals surface area contributed by atoms with Crippen LogP contribution in [0.5, 0.6) is 0 Å². The normalized spacial score (nSPS) is 20.4. The Kier molecular flexibility index (Phi) is 8.31. The van der Waals surface area contributed by atoms with E-state index in [2.05, 4.69) is 79.7 Å². The summed E-state index contributed by atoms with van der Waals surface area (Å²) in [4.78, 5) is 10.8. The summed E-state index contributed by atoms with van der Waals surface area (Å²) >= 11 is 0. The molecule has 0 amide bonds. The Bertz CT molecular complexity index is 909. The van der Waals surface area contributed by atoms with Crippen molar-refractivity contribution < 1.29 is 0 Å². The molecule has 2 aliphatic rings. The number of para-hydroxylation sites is 1. The molecule has 0 unspecified atom stereocenters. The molecule has 0 bridgehead atoms. The quantitative estimate of drug-likeness (QED) is 0.428. The number of hydrogen-bond donors (Lipinski definition) is 0. The number of allylic oxidation sites excluding steroid dienone is 3. The van der Waals surface area contributed by atoms with Crippen molar-refractivity contribution in [3.8, 4) is 0 Å². The zero-order valence-corrected chi connectivity index (χ0v) is 21.8. The smallest absolute Gasteiger partial charge is 0.0702 e. The Morgan fingerprint density at radius 2 is 1.22 bits per heavy atom. The lowest BCUT2D eigenvalue weighted by molar-refractivity contribution is 0.664. The fourth-order valence-electron chi connectivity index (χ4n) is 5.02. The number of aliphatic imine (C=N–C) groups is 2. The SMILES string of the molecule is CC(C)C1=CCCC(C(C)C)=C1N=C1CCCCC1=Nc1c(C(C)C)cccc1C(C)C. The van der Waals surface area contributed by atoms with Gasteiger partial charge in [-0.25, -0.2) is 0 Å². The van der Waals surface area contributed by atoms with Gasteiger partial charge in [0.2, 0.25) is 0 Å². The van der Waals surface area contributed by atoms with Gasteiger partial charge in [-0.3, -0.25) is 9.98 Å². The van der Waals surface area contributed by atoms with Crippen LogP contribution in [0.25, 0.3) is 0 Å². The van der Waals surface area contributed by atoms with Crippen LogP contribution in [-0.2, 0) is 0 Å². The highest BCUT2D eigenvalue weighted by molar-refractivity contribution is 6.43. The third-order valence-electron chi connectivity index (χ3n) is 6.92. The molecule has 0 radical (unpaired) electrons. The van der Waals surface area contributed by atoms with Crippen LogP contribution in [0, 0.1) is 11.8 Å². The topological polar surface area (TPSA) is 24.7 Å². The highest BCUT2D eigenvalue weighted by Gasteiger charge is 2.24. The molecule has 2 aliphatic carbocycles. The summed E-state index contributed by atoms with van der Waals surface area (Å²) in [5.41, 5.74) is 10.6. The van der Waals surface area contributed by atoms with Crippen molar-refractivity contribution in [1.82, 2.24) is 0 Å². The molecule has 0 aromatic heterocycles. The van der Waals surface area contributed by atoms with Crippen molar-refractivity contribution in [2.75, 3.05) is 0 Å². The highest BCUT2D eigenvalue weighted by Crippen LogP contribution is 2.37. The summed E-state index contributed by atoms with van der Waals surface area (Å²) in [7, 11) is 0. The Morgan fingerprint density at radius 3 is 1.72 bits per heavy atom. The van der Waals surface area contributed by atoms with Crippen molar-refractivity contribution in [3.05, 3.63) is 52.2 Å². The average Bonchev–Trinajstić information content (AvgIpc) is 2.74. The van der Waals surface area contributed by atoms with Gasteiger partial charge in [-0.05, 0) is 84.5 Å². The van der Waals surface area contributed by atoms with Gasteiger partial charge in [0.1, 0.15) is 0 Å². The van der Waals surface area contributed by atoms with E-state index in [0.29, 0.717) is 23.7 Å². The lowest BCUT2D eigenvalue weighted by Crippen LogP contribution is -2.21. The molecular formula is C30H44N2. The van der Waals surface area contributed by atoms with E-state index < -0.39 is 0 Å². The third kappa shape index (κ3) is 5.50. The van der Waals surface area contributed by atoms with Crippen molar-refractivity contribution in [2.45, 2.75) is 106 Å². The maximum absolute atomic E-state index is 5.42. The number of hydrogen-bond acceptors (Lipinski definition) is 2. The molecule has 2 nitrogen and oxygen atoms in total. The molecule has 1 aromatic carbocycles. The first-order valence-electron chi connectivity index (χ1n) is 12.9. The van der Waals surface area contributed by atoms with Gasteiger partial charge in [-0.1, -0.05) is 79.7 Å². The summed E-state index contributed by atoms with van der Waals surface area (Å²) in [6, 6.07) is 6.72. The molecule has 3 rings (SSSR count). The largest absolute Gasteiger partial charge is 0.251 e. The fraction of sp³-hybridized carbons (Fsp3) is 0.600. The van der Waals surface area contributed by atoms with Crippen LogP contribution >= 0.6 is 0 Å². The van der Waals surface area contributed by atoms with Gasteiger partial charge in [0.25, 0.3) is 0 Å². The summed E-state index contributed by atoms with van der Waals surface area (Å²) in [6.45, 7) is 18.4. The van der Waals surface area contributed by atoms with Crippen LogP contribution in [0.4, 0.5) is 5.69 Å². The zero-order valence-electron chi connectivity index (χ0n) is 21.8. The minimum atomic E-state index is 0.459. The summed E-state index contributed by atoms with van der Waals surface area (Å²) < 4.78 is 0. The van der Waals surface area contributed by atoms with E-state index in [-0.39, 0.29) is 0 Å². The van der Waals surface area contributed by atoms with E-state index >= 15 is 0 Å². The van der Waals surface area contributed by atoms with Gasteiger partial charge in [-0.2, -0.15) is 0 Å². The predicted molar refractivity (Wildman–Crippen MR) is 142 cm³/mol. The second-order valence-corrected chi connectivity index (χ2v) is 10.8. The van der Waals surface area contributed by atoms with Gasteiger partial charge in [0.15, 0.2) is 0 Å². The molecule has 1 aromatic rings. The Hall–Kier alpha value is -1.96. The molecule has 0 atom stereocenters. The van der Waals surface area contributed by atoms with E-state index in [0.717, 1.165) is 25.7 Å². The van der Waals surface area contributed by atoms with E-state index in [9.17, 15) is 0 Å². The van der Waals surface area contributed by atoms with Crippen molar-refractivity contribution in [1.29, 1.82) is 0 Å². The van der Waals surface area contributed by atoms with Gasteiger partial charge in [0, 0.05) is 0 Å². The van der Waals surface area contributed by atoms with Crippen LogP contribution in [0.15, 0.2) is 51.1 Å². The van der Waals surface area contributed by atoms with E-state index in [1.165, 1.54) is 57.9 Å².